The topological polar surface area (TPSA) is 214 Å². The molecule has 7 aromatic heterocycles. The molecule has 13 aromatic carbocycles. The van der Waals surface area contributed by atoms with Crippen molar-refractivity contribution in [2.24, 2.45) is 0 Å². The first-order valence-electron chi connectivity index (χ1n) is 37.3. The number of rotatable bonds is 15. The summed E-state index contributed by atoms with van der Waals surface area (Å²) in [5.41, 5.74) is 16.1. The van der Waals surface area contributed by atoms with Crippen molar-refractivity contribution in [1.29, 1.82) is 5.26 Å². The molecular formula is C97H61N17. The zero-order valence-electron chi connectivity index (χ0n) is 61.4. The minimum absolute atomic E-state index is 0.320. The monoisotopic (exact) mass is 1460 g/mol. The minimum atomic E-state index is 0.320. The Morgan fingerprint density at radius 1 is 0.202 bits per heavy atom. The molecule has 0 aliphatic heterocycles. The first kappa shape index (κ1) is 67.4. The average molecular weight is 1460 g/mol. The summed E-state index contributed by atoms with van der Waals surface area (Å²) in [5.74, 6) is 6.37. The van der Waals surface area contributed by atoms with Crippen molar-refractivity contribution < 1.29 is 0 Å². The third-order valence-electron chi connectivity index (χ3n) is 20.3. The molecule has 0 amide bonds. The Kier molecular flexibility index (Phi) is 16.9. The van der Waals surface area contributed by atoms with E-state index in [0.29, 0.717) is 120 Å². The average Bonchev–Trinajstić information content (AvgIpc) is 1.56. The van der Waals surface area contributed by atoms with Gasteiger partial charge >= 0.3 is 0 Å². The van der Waals surface area contributed by atoms with Crippen molar-refractivity contribution in [3.05, 3.63) is 351 Å². The summed E-state index contributed by atoms with van der Waals surface area (Å²) in [4.78, 5) is 73.1. The lowest BCUT2D eigenvalue weighted by Gasteiger charge is -2.19. The van der Waals surface area contributed by atoms with Crippen LogP contribution >= 0.6 is 0 Å². The maximum absolute atomic E-state index is 12.4. The quantitative estimate of drug-likeness (QED) is 0.0933. The highest BCUT2D eigenvalue weighted by Gasteiger charge is 2.28. The van der Waals surface area contributed by atoms with E-state index in [-0.39, 0.29) is 0 Å². The molecule has 17 nitrogen and oxygen atoms in total. The van der Waals surface area contributed by atoms with E-state index in [1.807, 2.05) is 269 Å². The van der Waals surface area contributed by atoms with E-state index in [1.165, 1.54) is 0 Å². The second-order valence-corrected chi connectivity index (χ2v) is 27.7. The smallest absolute Gasteiger partial charge is 0.164 e. The van der Waals surface area contributed by atoms with Crippen LogP contribution in [0.1, 0.15) is 17.0 Å². The molecule has 114 heavy (non-hydrogen) atoms. The Hall–Kier alpha value is -15.9. The Bertz CT molecular complexity index is 6550. The summed E-state index contributed by atoms with van der Waals surface area (Å²) in [5, 5.41) is 16.0. The first-order chi connectivity index (χ1) is 56.2. The molecule has 7 heterocycles. The zero-order chi connectivity index (χ0) is 76.2. The summed E-state index contributed by atoms with van der Waals surface area (Å²) in [6.07, 6.45) is 0. The van der Waals surface area contributed by atoms with Crippen molar-refractivity contribution in [3.63, 3.8) is 0 Å². The fraction of sp³-hybridized carbons (Fsp3) is 0.0206. The van der Waals surface area contributed by atoms with Crippen LogP contribution in [0.2, 0.25) is 0 Å². The highest BCUT2D eigenvalue weighted by Crippen LogP contribution is 2.44. The van der Waals surface area contributed by atoms with Crippen LogP contribution in [0.15, 0.2) is 334 Å². The summed E-state index contributed by atoms with van der Waals surface area (Å²) in [6.45, 7) is 3.95. The summed E-state index contributed by atoms with van der Waals surface area (Å²) < 4.78 is 4.37. The summed E-state index contributed by atoms with van der Waals surface area (Å²) in [7, 11) is 0. The predicted octanol–water partition coefficient (Wildman–Crippen LogP) is 21.6. The summed E-state index contributed by atoms with van der Waals surface area (Å²) >= 11 is 0. The molecule has 0 saturated carbocycles. The minimum Gasteiger partial charge on any atom is -0.308 e. The van der Waals surface area contributed by atoms with E-state index in [9.17, 15) is 5.26 Å². The Labute approximate surface area is 653 Å². The lowest BCUT2D eigenvalue weighted by Crippen LogP contribution is -2.06. The molecule has 0 fully saturated rings. The van der Waals surface area contributed by atoms with Gasteiger partial charge in [-0.2, -0.15) is 5.26 Å². The van der Waals surface area contributed by atoms with E-state index < -0.39 is 0 Å². The van der Waals surface area contributed by atoms with Crippen LogP contribution in [0.5, 0.6) is 0 Å². The van der Waals surface area contributed by atoms with Gasteiger partial charge in [0.15, 0.2) is 75.7 Å². The predicted molar refractivity (Wildman–Crippen MR) is 449 cm³/mol. The van der Waals surface area contributed by atoms with Crippen LogP contribution in [0.25, 0.3) is 203 Å². The Morgan fingerprint density at radius 2 is 0.412 bits per heavy atom. The number of hydrogen-bond acceptors (Lipinski definition) is 15. The van der Waals surface area contributed by atoms with Gasteiger partial charge in [0, 0.05) is 105 Å². The zero-order valence-corrected chi connectivity index (χ0v) is 61.4. The van der Waals surface area contributed by atoms with Gasteiger partial charge in [-0.05, 0) is 56.3 Å². The van der Waals surface area contributed by atoms with Gasteiger partial charge in [0.2, 0.25) is 0 Å². The van der Waals surface area contributed by atoms with Gasteiger partial charge in [0.05, 0.1) is 39.0 Å². The summed E-state index contributed by atoms with van der Waals surface area (Å²) in [6, 6.07) is 114. The second kappa shape index (κ2) is 28.6. The van der Waals surface area contributed by atoms with Gasteiger partial charge in [-0.15, -0.1) is 0 Å². The maximum Gasteiger partial charge on any atom is 0.164 e. The third kappa shape index (κ3) is 12.6. The van der Waals surface area contributed by atoms with E-state index in [0.717, 1.165) is 99.5 Å². The van der Waals surface area contributed by atoms with E-state index in [1.54, 1.807) is 0 Å². The highest BCUT2D eigenvalue weighted by atomic mass is 15.1. The molecule has 0 radical (unpaired) electrons. The van der Waals surface area contributed by atoms with E-state index in [2.05, 4.69) is 94.1 Å². The number of aryl methyl sites for hydroxylation is 2. The molecular weight excluding hydrogens is 1400 g/mol. The lowest BCUT2D eigenvalue weighted by atomic mass is 10.0. The van der Waals surface area contributed by atoms with Gasteiger partial charge in [-0.25, -0.2) is 69.8 Å². The van der Waals surface area contributed by atoms with Crippen LogP contribution in [0.3, 0.4) is 0 Å². The molecule has 0 bridgehead atoms. The van der Waals surface area contributed by atoms with Crippen molar-refractivity contribution in [2.75, 3.05) is 0 Å². The standard InChI is InChI=1S/C97H61N17/c1-59-51-60(2)100-97(99-59)78-57-79(113-80-52-69(93-105-85(61-27-11-3-12-28-61)101-86(106-93)62-29-13-4-14-30-62)43-47-74(80)75-48-44-70(53-81(75)113)94-107-87(63-31-15-5-16-32-63)102-88(108-94)64-33-17-6-18-34-64)73(58-98)56-84(78)114-82-54-71(95-109-89(65-35-19-7-20-36-65)103-90(110-95)66-37-21-8-22-38-66)45-49-76(82)77-50-46-72(55-83(77)114)96-111-91(67-39-23-9-24-40-67)104-92(112-96)68-41-25-10-26-42-68/h3-57H,1-2H3. The van der Waals surface area contributed by atoms with Crippen LogP contribution in [0, 0.1) is 25.2 Å². The molecule has 534 valence electrons. The van der Waals surface area contributed by atoms with Gasteiger partial charge in [0.1, 0.15) is 6.07 Å². The molecule has 0 atom stereocenters. The van der Waals surface area contributed by atoms with Gasteiger partial charge < -0.3 is 9.13 Å². The largest absolute Gasteiger partial charge is 0.308 e. The molecule has 0 unspecified atom stereocenters. The molecule has 20 rings (SSSR count). The number of fused-ring (bicyclic) bond motifs is 6. The number of benzene rings is 13. The molecule has 0 saturated heterocycles. The van der Waals surface area contributed by atoms with E-state index >= 15 is 0 Å². The number of nitrogens with zero attached hydrogens (tertiary/aromatic N) is 17. The van der Waals surface area contributed by atoms with E-state index in [4.69, 9.17) is 69.8 Å². The fourth-order valence-corrected chi connectivity index (χ4v) is 14.9. The lowest BCUT2D eigenvalue weighted by molar-refractivity contribution is 1.05. The number of hydrogen-bond donors (Lipinski definition) is 0. The van der Waals surface area contributed by atoms with Crippen molar-refractivity contribution in [2.45, 2.75) is 13.8 Å². The molecule has 0 aliphatic carbocycles. The Balaban J connectivity index is 0.875. The molecule has 0 N–H and O–H groups in total. The first-order valence-corrected chi connectivity index (χ1v) is 37.3. The van der Waals surface area contributed by atoms with Crippen LogP contribution < -0.4 is 0 Å². The number of nitriles is 1. The maximum atomic E-state index is 12.4. The van der Waals surface area contributed by atoms with Crippen molar-refractivity contribution >= 4 is 43.6 Å². The van der Waals surface area contributed by atoms with Crippen LogP contribution in [-0.4, -0.2) is 78.9 Å². The fourth-order valence-electron chi connectivity index (χ4n) is 14.9. The van der Waals surface area contributed by atoms with Crippen molar-refractivity contribution in [1.82, 2.24) is 78.9 Å². The van der Waals surface area contributed by atoms with Crippen LogP contribution in [0.4, 0.5) is 0 Å². The van der Waals surface area contributed by atoms with Crippen LogP contribution in [-0.2, 0) is 0 Å². The van der Waals surface area contributed by atoms with Gasteiger partial charge in [-0.3, -0.25) is 0 Å². The third-order valence-corrected chi connectivity index (χ3v) is 20.3. The Morgan fingerprint density at radius 3 is 0.632 bits per heavy atom. The SMILES string of the molecule is Cc1cc(C)nc(-c2cc(-n3c4cc(-c5nc(-c6ccccc6)nc(-c6ccccc6)n5)ccc4c4ccc(-c5nc(-c6ccccc6)nc(-c6ccccc6)n5)cc43)c(C#N)cc2-n2c3cc(-c4nc(-c5ccccc5)nc(-c5ccccc5)n4)ccc3c3ccc(-c4nc(-c5ccccc5)nc(-c5ccccc5)n4)cc32)n1. The molecule has 0 aliphatic rings. The van der Waals surface area contributed by atoms with Crippen molar-refractivity contribution in [3.8, 4) is 165 Å². The highest BCUT2D eigenvalue weighted by molar-refractivity contribution is 6.13. The van der Waals surface area contributed by atoms with Gasteiger partial charge in [-0.1, -0.05) is 291 Å². The molecule has 20 aromatic rings. The van der Waals surface area contributed by atoms with Gasteiger partial charge in [0.25, 0.3) is 0 Å². The number of aromatic nitrogens is 16. The normalized spacial score (nSPS) is 11.4. The second-order valence-electron chi connectivity index (χ2n) is 27.7. The molecule has 0 spiro atoms. The molecule has 17 heteroatoms.